The molecule has 0 amide bonds. The average molecular weight is 222 g/mol. The smallest absolute Gasteiger partial charge is 0.125 e. The summed E-state index contributed by atoms with van der Waals surface area (Å²) in [6.45, 7) is -0.205. The molecule has 1 unspecified atom stereocenters. The SMILES string of the molecule is OCc1cc(F)ccc1OC1C=CCCC1. The van der Waals surface area contributed by atoms with Gasteiger partial charge < -0.3 is 9.84 Å². The number of halogens is 1. The molecular weight excluding hydrogens is 207 g/mol. The van der Waals surface area contributed by atoms with Gasteiger partial charge in [0.1, 0.15) is 17.7 Å². The van der Waals surface area contributed by atoms with E-state index in [9.17, 15) is 4.39 Å². The molecule has 3 heteroatoms. The summed E-state index contributed by atoms with van der Waals surface area (Å²) in [5.74, 6) is 0.219. The topological polar surface area (TPSA) is 29.5 Å². The van der Waals surface area contributed by atoms with Gasteiger partial charge in [-0.15, -0.1) is 0 Å². The van der Waals surface area contributed by atoms with Crippen LogP contribution in [0.25, 0.3) is 0 Å². The molecule has 1 aliphatic carbocycles. The monoisotopic (exact) mass is 222 g/mol. The van der Waals surface area contributed by atoms with Gasteiger partial charge in [0.15, 0.2) is 0 Å². The Kier molecular flexibility index (Phi) is 3.57. The molecule has 1 aromatic carbocycles. The molecule has 2 rings (SSSR count). The van der Waals surface area contributed by atoms with E-state index in [1.807, 2.05) is 6.08 Å². The van der Waals surface area contributed by atoms with Crippen LogP contribution in [0.15, 0.2) is 30.4 Å². The summed E-state index contributed by atoms with van der Waals surface area (Å²) in [5.41, 5.74) is 0.499. The third-order valence-electron chi connectivity index (χ3n) is 2.68. The number of aliphatic hydroxyl groups excluding tert-OH is 1. The van der Waals surface area contributed by atoms with E-state index < -0.39 is 0 Å². The van der Waals surface area contributed by atoms with E-state index in [1.54, 1.807) is 6.07 Å². The van der Waals surface area contributed by atoms with Crippen LogP contribution in [0.3, 0.4) is 0 Å². The summed E-state index contributed by atoms with van der Waals surface area (Å²) in [5, 5.41) is 9.11. The highest BCUT2D eigenvalue weighted by Crippen LogP contribution is 2.24. The lowest BCUT2D eigenvalue weighted by Gasteiger charge is -2.20. The highest BCUT2D eigenvalue weighted by Gasteiger charge is 2.12. The third kappa shape index (κ3) is 2.61. The molecule has 0 fully saturated rings. The van der Waals surface area contributed by atoms with E-state index in [0.29, 0.717) is 11.3 Å². The predicted molar refractivity (Wildman–Crippen MR) is 59.7 cm³/mol. The van der Waals surface area contributed by atoms with Gasteiger partial charge in [-0.05, 0) is 43.5 Å². The molecule has 0 heterocycles. The van der Waals surface area contributed by atoms with Gasteiger partial charge in [-0.25, -0.2) is 4.39 Å². The molecule has 0 aliphatic heterocycles. The number of hydrogen-bond donors (Lipinski definition) is 1. The minimum Gasteiger partial charge on any atom is -0.486 e. The van der Waals surface area contributed by atoms with Crippen LogP contribution in [-0.2, 0) is 6.61 Å². The fraction of sp³-hybridized carbons (Fsp3) is 0.385. The summed E-state index contributed by atoms with van der Waals surface area (Å²) in [6.07, 6.45) is 7.33. The molecular formula is C13H15FO2. The Labute approximate surface area is 94.4 Å². The number of hydrogen-bond acceptors (Lipinski definition) is 2. The maximum Gasteiger partial charge on any atom is 0.125 e. The van der Waals surface area contributed by atoms with Crippen molar-refractivity contribution in [1.29, 1.82) is 0 Å². The Hall–Kier alpha value is -1.35. The normalized spacial score (nSPS) is 19.8. The van der Waals surface area contributed by atoms with E-state index in [1.165, 1.54) is 12.1 Å². The fourth-order valence-corrected chi connectivity index (χ4v) is 1.83. The number of allylic oxidation sites excluding steroid dienone is 1. The molecule has 0 saturated heterocycles. The van der Waals surface area contributed by atoms with Crippen molar-refractivity contribution in [3.8, 4) is 5.75 Å². The Morgan fingerprint density at radius 1 is 1.44 bits per heavy atom. The van der Waals surface area contributed by atoms with Crippen molar-refractivity contribution < 1.29 is 14.2 Å². The van der Waals surface area contributed by atoms with E-state index in [-0.39, 0.29) is 18.5 Å². The zero-order valence-electron chi connectivity index (χ0n) is 9.03. The summed E-state index contributed by atoms with van der Waals surface area (Å²) in [7, 11) is 0. The van der Waals surface area contributed by atoms with Crippen LogP contribution in [-0.4, -0.2) is 11.2 Å². The van der Waals surface area contributed by atoms with E-state index in [0.717, 1.165) is 19.3 Å². The number of ether oxygens (including phenoxy) is 1. The first-order valence-electron chi connectivity index (χ1n) is 5.52. The van der Waals surface area contributed by atoms with Crippen molar-refractivity contribution in [2.24, 2.45) is 0 Å². The largest absolute Gasteiger partial charge is 0.486 e. The predicted octanol–water partition coefficient (Wildman–Crippen LogP) is 2.81. The standard InChI is InChI=1S/C13H15FO2/c14-11-6-7-13(10(8-11)9-15)16-12-4-2-1-3-5-12/h2,4,6-8,12,15H,1,3,5,9H2. The fourth-order valence-electron chi connectivity index (χ4n) is 1.83. The van der Waals surface area contributed by atoms with Gasteiger partial charge in [0, 0.05) is 5.56 Å². The van der Waals surface area contributed by atoms with E-state index >= 15 is 0 Å². The average Bonchev–Trinajstić information content (AvgIpc) is 2.33. The van der Waals surface area contributed by atoms with Crippen molar-refractivity contribution in [2.75, 3.05) is 0 Å². The lowest BCUT2D eigenvalue weighted by Crippen LogP contribution is -2.16. The van der Waals surface area contributed by atoms with Gasteiger partial charge in [0.25, 0.3) is 0 Å². The van der Waals surface area contributed by atoms with Gasteiger partial charge in [0.05, 0.1) is 6.61 Å². The Balaban J connectivity index is 2.13. The third-order valence-corrected chi connectivity index (χ3v) is 2.68. The highest BCUT2D eigenvalue weighted by atomic mass is 19.1. The molecule has 0 spiro atoms. The molecule has 1 atom stereocenters. The maximum absolute atomic E-state index is 12.9. The zero-order valence-corrected chi connectivity index (χ0v) is 9.03. The Bertz CT molecular complexity index is 388. The quantitative estimate of drug-likeness (QED) is 0.797. The van der Waals surface area contributed by atoms with E-state index in [2.05, 4.69) is 6.08 Å². The highest BCUT2D eigenvalue weighted by molar-refractivity contribution is 5.33. The van der Waals surface area contributed by atoms with Crippen LogP contribution in [0.5, 0.6) is 5.75 Å². The number of rotatable bonds is 3. The molecule has 86 valence electrons. The van der Waals surface area contributed by atoms with Crippen LogP contribution < -0.4 is 4.74 Å². The molecule has 0 radical (unpaired) electrons. The Morgan fingerprint density at radius 3 is 3.00 bits per heavy atom. The van der Waals surface area contributed by atoms with E-state index in [4.69, 9.17) is 9.84 Å². The summed E-state index contributed by atoms with van der Waals surface area (Å²) < 4.78 is 18.7. The van der Waals surface area contributed by atoms with Gasteiger partial charge in [-0.2, -0.15) is 0 Å². The van der Waals surface area contributed by atoms with Crippen molar-refractivity contribution in [2.45, 2.75) is 32.0 Å². The molecule has 0 bridgehead atoms. The molecule has 0 aromatic heterocycles. The molecule has 16 heavy (non-hydrogen) atoms. The minimum atomic E-state index is -0.351. The van der Waals surface area contributed by atoms with Crippen LogP contribution in [0.4, 0.5) is 4.39 Å². The van der Waals surface area contributed by atoms with Crippen molar-refractivity contribution in [3.05, 3.63) is 41.7 Å². The first-order valence-corrected chi connectivity index (χ1v) is 5.52. The second-order valence-electron chi connectivity index (χ2n) is 3.93. The van der Waals surface area contributed by atoms with Gasteiger partial charge in [-0.3, -0.25) is 0 Å². The number of aliphatic hydroxyl groups is 1. The molecule has 1 aromatic rings. The molecule has 2 nitrogen and oxygen atoms in total. The van der Waals surface area contributed by atoms with Crippen LogP contribution >= 0.6 is 0 Å². The van der Waals surface area contributed by atoms with Gasteiger partial charge >= 0.3 is 0 Å². The maximum atomic E-state index is 12.9. The molecule has 0 saturated carbocycles. The van der Waals surface area contributed by atoms with Crippen molar-refractivity contribution in [3.63, 3.8) is 0 Å². The Morgan fingerprint density at radius 2 is 2.31 bits per heavy atom. The van der Waals surface area contributed by atoms with Crippen LogP contribution in [0.1, 0.15) is 24.8 Å². The van der Waals surface area contributed by atoms with Crippen LogP contribution in [0, 0.1) is 5.82 Å². The molecule has 1 aliphatic rings. The number of benzene rings is 1. The first-order chi connectivity index (χ1) is 7.79. The summed E-state index contributed by atoms with van der Waals surface area (Å²) >= 11 is 0. The second-order valence-corrected chi connectivity index (χ2v) is 3.93. The van der Waals surface area contributed by atoms with Gasteiger partial charge in [0.2, 0.25) is 0 Å². The van der Waals surface area contributed by atoms with Gasteiger partial charge in [-0.1, -0.05) is 6.08 Å². The van der Waals surface area contributed by atoms with Crippen molar-refractivity contribution in [1.82, 2.24) is 0 Å². The lowest BCUT2D eigenvalue weighted by molar-refractivity contribution is 0.216. The zero-order chi connectivity index (χ0) is 11.4. The summed E-state index contributed by atoms with van der Waals surface area (Å²) in [6, 6.07) is 4.23. The second kappa shape index (κ2) is 5.12. The van der Waals surface area contributed by atoms with Crippen LogP contribution in [0.2, 0.25) is 0 Å². The lowest BCUT2D eigenvalue weighted by atomic mass is 10.1. The van der Waals surface area contributed by atoms with Crippen molar-refractivity contribution >= 4 is 0 Å². The minimum absolute atomic E-state index is 0.0458. The first kappa shape index (κ1) is 11.1. The molecule has 1 N–H and O–H groups in total. The summed E-state index contributed by atoms with van der Waals surface area (Å²) in [4.78, 5) is 0.